The van der Waals surface area contributed by atoms with Crippen LogP contribution in [0.4, 0.5) is 0 Å². The summed E-state index contributed by atoms with van der Waals surface area (Å²) in [5.74, 6) is -0.741. The minimum atomic E-state index is -0.370. The number of esters is 2. The molecule has 0 atom stereocenters. The quantitative estimate of drug-likeness (QED) is 0.294. The first kappa shape index (κ1) is 18.0. The molecule has 1 radical (unpaired) electrons. The van der Waals surface area contributed by atoms with Crippen LogP contribution < -0.4 is 0 Å². The molecule has 0 aromatic rings. The van der Waals surface area contributed by atoms with Gasteiger partial charge in [0, 0.05) is 29.9 Å². The van der Waals surface area contributed by atoms with Crippen molar-refractivity contribution in [3.8, 4) is 0 Å². The number of carbonyl (C=O) groups excluding carboxylic acids is 2. The summed E-state index contributed by atoms with van der Waals surface area (Å²) in [4.78, 5) is 22.2. The first-order chi connectivity index (χ1) is 7.20. The molecule has 0 spiro atoms. The van der Waals surface area contributed by atoms with Crippen LogP contribution in [0.3, 0.4) is 0 Å². The van der Waals surface area contributed by atoms with Crippen molar-refractivity contribution in [2.75, 3.05) is 0 Å². The molecule has 0 fully saturated rings. The van der Waals surface area contributed by atoms with Crippen molar-refractivity contribution in [1.82, 2.24) is 0 Å². The summed E-state index contributed by atoms with van der Waals surface area (Å²) in [5, 5.41) is 0. The smallest absolute Gasteiger partial charge is 0.313 e. The van der Waals surface area contributed by atoms with Crippen molar-refractivity contribution in [1.29, 1.82) is 0 Å². The van der Waals surface area contributed by atoms with Crippen LogP contribution in [0.1, 0.15) is 65.2 Å². The van der Waals surface area contributed by atoms with Gasteiger partial charge >= 0.3 is 11.9 Å². The van der Waals surface area contributed by atoms with Gasteiger partial charge in [0.2, 0.25) is 0 Å². The summed E-state index contributed by atoms with van der Waals surface area (Å²) in [6.45, 7) is 4.14. The molecule has 4 heteroatoms. The Kier molecular flexibility index (Phi) is 14.3. The monoisotopic (exact) mass is 269 g/mol. The van der Waals surface area contributed by atoms with Crippen molar-refractivity contribution < 1.29 is 31.4 Å². The van der Waals surface area contributed by atoms with Gasteiger partial charge in [0.05, 0.1) is 0 Å². The van der Waals surface area contributed by atoms with Crippen LogP contribution in [0.15, 0.2) is 0 Å². The summed E-state index contributed by atoms with van der Waals surface area (Å²) >= 11 is 0. The topological polar surface area (TPSA) is 43.4 Å². The van der Waals surface area contributed by atoms with Gasteiger partial charge in [-0.3, -0.25) is 9.59 Å². The normalized spacial score (nSPS) is 9.38. The molecule has 0 aliphatic rings. The zero-order valence-electron chi connectivity index (χ0n) is 10.3. The number of unbranched alkanes of at least 4 members (excludes halogenated alkanes) is 4. The van der Waals surface area contributed by atoms with Crippen LogP contribution in [-0.4, -0.2) is 11.9 Å². The third kappa shape index (κ3) is 11.7. The number of hydrogen-bond acceptors (Lipinski definition) is 3. The standard InChI is InChI=1S/C12H22O3.Mn/c1-3-5-7-9-11(13)15-12(14)10-8-6-4-2;/h3-10H2,1-2H3;. The third-order valence-electron chi connectivity index (χ3n) is 2.20. The van der Waals surface area contributed by atoms with E-state index in [9.17, 15) is 9.59 Å². The van der Waals surface area contributed by atoms with Crippen molar-refractivity contribution in [3.05, 3.63) is 0 Å². The van der Waals surface area contributed by atoms with Crippen molar-refractivity contribution in [3.63, 3.8) is 0 Å². The van der Waals surface area contributed by atoms with Crippen LogP contribution in [-0.2, 0) is 31.4 Å². The third-order valence-corrected chi connectivity index (χ3v) is 2.20. The maximum absolute atomic E-state index is 11.1. The van der Waals surface area contributed by atoms with Gasteiger partial charge in [0.15, 0.2) is 0 Å². The minimum Gasteiger partial charge on any atom is -0.393 e. The van der Waals surface area contributed by atoms with E-state index in [-0.39, 0.29) is 29.0 Å². The minimum absolute atomic E-state index is 0. The van der Waals surface area contributed by atoms with Gasteiger partial charge < -0.3 is 4.74 Å². The van der Waals surface area contributed by atoms with Gasteiger partial charge in [-0.25, -0.2) is 0 Å². The first-order valence-corrected chi connectivity index (χ1v) is 5.94. The molecule has 0 aromatic carbocycles. The molecule has 0 unspecified atom stereocenters. The van der Waals surface area contributed by atoms with Crippen LogP contribution >= 0.6 is 0 Å². The molecule has 0 saturated carbocycles. The van der Waals surface area contributed by atoms with Crippen LogP contribution in [0.2, 0.25) is 0 Å². The largest absolute Gasteiger partial charge is 0.393 e. The Morgan fingerprint density at radius 2 is 1.19 bits per heavy atom. The van der Waals surface area contributed by atoms with Gasteiger partial charge in [-0.1, -0.05) is 39.5 Å². The molecule has 0 aromatic heterocycles. The van der Waals surface area contributed by atoms with Crippen LogP contribution in [0.5, 0.6) is 0 Å². The van der Waals surface area contributed by atoms with E-state index in [0.29, 0.717) is 12.8 Å². The van der Waals surface area contributed by atoms with Gasteiger partial charge in [-0.15, -0.1) is 0 Å². The van der Waals surface area contributed by atoms with E-state index in [0.717, 1.165) is 38.5 Å². The molecule has 0 aliphatic heterocycles. The molecular weight excluding hydrogens is 247 g/mol. The van der Waals surface area contributed by atoms with E-state index < -0.39 is 0 Å². The number of rotatable bonds is 8. The number of hydrogen-bond donors (Lipinski definition) is 0. The molecule has 0 bridgehead atoms. The summed E-state index contributed by atoms with van der Waals surface area (Å²) < 4.78 is 4.67. The fraction of sp³-hybridized carbons (Fsp3) is 0.833. The maximum atomic E-state index is 11.1. The maximum Gasteiger partial charge on any atom is 0.313 e. The van der Waals surface area contributed by atoms with Gasteiger partial charge in [-0.2, -0.15) is 0 Å². The summed E-state index contributed by atoms with van der Waals surface area (Å²) in [7, 11) is 0. The predicted molar refractivity (Wildman–Crippen MR) is 59.4 cm³/mol. The second-order valence-corrected chi connectivity index (χ2v) is 3.76. The Morgan fingerprint density at radius 1 is 0.812 bits per heavy atom. The average molecular weight is 269 g/mol. The van der Waals surface area contributed by atoms with E-state index >= 15 is 0 Å². The summed E-state index contributed by atoms with van der Waals surface area (Å²) in [5.41, 5.74) is 0. The van der Waals surface area contributed by atoms with Crippen molar-refractivity contribution in [2.45, 2.75) is 65.2 Å². The SMILES string of the molecule is CCCCCC(=O)OC(=O)CCCCC.[Mn]. The molecule has 0 N–H and O–H groups in total. The van der Waals surface area contributed by atoms with Crippen molar-refractivity contribution in [2.24, 2.45) is 0 Å². The molecule has 16 heavy (non-hydrogen) atoms. The second-order valence-electron chi connectivity index (χ2n) is 3.76. The molecule has 0 heterocycles. The predicted octanol–water partition coefficient (Wildman–Crippen LogP) is 3.21. The van der Waals surface area contributed by atoms with E-state index in [4.69, 9.17) is 0 Å². The Labute approximate surface area is 109 Å². The van der Waals surface area contributed by atoms with E-state index in [2.05, 4.69) is 18.6 Å². The van der Waals surface area contributed by atoms with Crippen molar-refractivity contribution >= 4 is 11.9 Å². The summed E-state index contributed by atoms with van der Waals surface area (Å²) in [6, 6.07) is 0. The molecular formula is C12H22MnO3. The Bertz CT molecular complexity index is 173. The second kappa shape index (κ2) is 12.7. The fourth-order valence-corrected chi connectivity index (χ4v) is 1.27. The molecule has 3 nitrogen and oxygen atoms in total. The average Bonchev–Trinajstić information content (AvgIpc) is 2.18. The number of carbonyl (C=O) groups is 2. The zero-order chi connectivity index (χ0) is 11.5. The Morgan fingerprint density at radius 3 is 1.50 bits per heavy atom. The van der Waals surface area contributed by atoms with Gasteiger partial charge in [-0.05, 0) is 12.8 Å². The first-order valence-electron chi connectivity index (χ1n) is 5.94. The van der Waals surface area contributed by atoms with E-state index in [1.165, 1.54) is 0 Å². The zero-order valence-corrected chi connectivity index (χ0v) is 11.4. The Balaban J connectivity index is 0. The van der Waals surface area contributed by atoms with E-state index in [1.807, 2.05) is 0 Å². The molecule has 0 aliphatic carbocycles. The fourth-order valence-electron chi connectivity index (χ4n) is 1.27. The molecule has 95 valence electrons. The van der Waals surface area contributed by atoms with E-state index in [1.54, 1.807) is 0 Å². The van der Waals surface area contributed by atoms with Crippen LogP contribution in [0, 0.1) is 0 Å². The van der Waals surface area contributed by atoms with Crippen LogP contribution in [0.25, 0.3) is 0 Å². The van der Waals surface area contributed by atoms with Gasteiger partial charge in [0.1, 0.15) is 0 Å². The summed E-state index contributed by atoms with van der Waals surface area (Å²) in [6.07, 6.45) is 6.53. The van der Waals surface area contributed by atoms with Gasteiger partial charge in [0.25, 0.3) is 0 Å². The molecule has 0 amide bonds. The molecule has 0 rings (SSSR count). The number of ether oxygens (including phenoxy) is 1. The molecule has 0 saturated heterocycles. The Hall–Kier alpha value is -0.341.